The topological polar surface area (TPSA) is 68.0 Å². The molecule has 0 radical (unpaired) electrons. The Morgan fingerprint density at radius 2 is 2.05 bits per heavy atom. The van der Waals surface area contributed by atoms with Gasteiger partial charge >= 0.3 is 0 Å². The molecule has 106 valence electrons. The molecule has 1 unspecified atom stereocenters. The molecule has 1 atom stereocenters. The van der Waals surface area contributed by atoms with E-state index in [0.717, 1.165) is 22.0 Å². The van der Waals surface area contributed by atoms with E-state index >= 15 is 0 Å². The summed E-state index contributed by atoms with van der Waals surface area (Å²) in [6.07, 6.45) is 0.592. The first-order valence-electron chi connectivity index (χ1n) is 6.55. The molecule has 0 fully saturated rings. The van der Waals surface area contributed by atoms with Crippen LogP contribution < -0.4 is 11.1 Å². The van der Waals surface area contributed by atoms with Crippen molar-refractivity contribution >= 4 is 22.9 Å². The molecule has 1 aromatic carbocycles. The van der Waals surface area contributed by atoms with Gasteiger partial charge < -0.3 is 11.1 Å². The molecule has 2 aromatic rings. The molecule has 0 bridgehead atoms. The zero-order chi connectivity index (χ0) is 14.8. The van der Waals surface area contributed by atoms with Crippen LogP contribution in [0.4, 0.5) is 5.69 Å². The Bertz CT molecular complexity index is 602. The number of nitrogens with zero attached hydrogens (tertiary/aromatic N) is 1. The maximum atomic E-state index is 12.0. The quantitative estimate of drug-likeness (QED) is 0.908. The number of thiazole rings is 1. The molecule has 0 aliphatic rings. The predicted octanol–water partition coefficient (Wildman–Crippen LogP) is 3.18. The lowest BCUT2D eigenvalue weighted by Gasteiger charge is -2.21. The first kappa shape index (κ1) is 14.7. The molecule has 2 rings (SSSR count). The van der Waals surface area contributed by atoms with Crippen molar-refractivity contribution < 1.29 is 4.79 Å². The van der Waals surface area contributed by atoms with Crippen LogP contribution in [0, 0.1) is 6.92 Å². The highest BCUT2D eigenvalue weighted by Gasteiger charge is 2.25. The van der Waals surface area contributed by atoms with Crippen LogP contribution in [-0.4, -0.2) is 16.4 Å². The summed E-state index contributed by atoms with van der Waals surface area (Å²) in [5.74, 6) is -0.169. The number of aryl methyl sites for hydroxylation is 1. The lowest BCUT2D eigenvalue weighted by molar-refractivity contribution is -0.120. The van der Waals surface area contributed by atoms with E-state index in [1.807, 2.05) is 43.5 Å². The number of amides is 1. The second-order valence-corrected chi connectivity index (χ2v) is 6.12. The van der Waals surface area contributed by atoms with Gasteiger partial charge in [0.15, 0.2) is 0 Å². The minimum atomic E-state index is -0.843. The Hall–Kier alpha value is -1.72. The van der Waals surface area contributed by atoms with Crippen LogP contribution in [0.1, 0.15) is 25.3 Å². The van der Waals surface area contributed by atoms with Gasteiger partial charge in [-0.05, 0) is 32.4 Å². The van der Waals surface area contributed by atoms with E-state index in [1.54, 1.807) is 18.3 Å². The molecule has 1 aromatic heterocycles. The molecular formula is C15H19N3OS. The minimum absolute atomic E-state index is 0.169. The molecule has 1 amide bonds. The molecule has 0 saturated carbocycles. The summed E-state index contributed by atoms with van der Waals surface area (Å²) >= 11 is 1.62. The Morgan fingerprint density at radius 3 is 2.55 bits per heavy atom. The molecule has 1 heterocycles. The third-order valence-corrected chi connectivity index (χ3v) is 4.08. The second-order valence-electron chi connectivity index (χ2n) is 5.05. The largest absolute Gasteiger partial charge is 0.325 e. The van der Waals surface area contributed by atoms with E-state index in [0.29, 0.717) is 6.42 Å². The van der Waals surface area contributed by atoms with Crippen LogP contribution in [0.15, 0.2) is 29.6 Å². The number of nitrogens with two attached hydrogens (primary N) is 1. The van der Waals surface area contributed by atoms with Crippen LogP contribution in [0.3, 0.4) is 0 Å². The number of benzene rings is 1. The van der Waals surface area contributed by atoms with Gasteiger partial charge in [0.2, 0.25) is 5.91 Å². The lowest BCUT2D eigenvalue weighted by Crippen LogP contribution is -2.47. The Balaban J connectivity index is 2.11. The van der Waals surface area contributed by atoms with Gasteiger partial charge in [0.05, 0.1) is 16.2 Å². The van der Waals surface area contributed by atoms with Crippen LogP contribution in [0.25, 0.3) is 11.3 Å². The summed E-state index contributed by atoms with van der Waals surface area (Å²) in [5.41, 5.74) is 7.81. The van der Waals surface area contributed by atoms with Gasteiger partial charge in [-0.2, -0.15) is 0 Å². The summed E-state index contributed by atoms with van der Waals surface area (Å²) in [6, 6.07) is 7.63. The standard InChI is InChI=1S/C15H19N3OS/c1-4-15(3,16)14(19)18-12-7-5-11(6-8-12)13-9-20-10(2)17-13/h5-9H,4,16H2,1-3H3,(H,18,19). The van der Waals surface area contributed by atoms with E-state index in [1.165, 1.54) is 0 Å². The number of carbonyl (C=O) groups excluding carboxylic acids is 1. The summed E-state index contributed by atoms with van der Waals surface area (Å²) in [4.78, 5) is 16.4. The van der Waals surface area contributed by atoms with Crippen molar-refractivity contribution in [2.75, 3.05) is 5.32 Å². The SMILES string of the molecule is CCC(C)(N)C(=O)Nc1ccc(-c2csc(C)n2)cc1. The zero-order valence-corrected chi connectivity index (χ0v) is 12.8. The molecular weight excluding hydrogens is 270 g/mol. The van der Waals surface area contributed by atoms with Gasteiger partial charge in [0.1, 0.15) is 0 Å². The van der Waals surface area contributed by atoms with Gasteiger partial charge in [-0.3, -0.25) is 4.79 Å². The normalized spacial score (nSPS) is 13.8. The number of anilines is 1. The zero-order valence-electron chi connectivity index (χ0n) is 11.9. The van der Waals surface area contributed by atoms with Crippen LogP contribution in [-0.2, 0) is 4.79 Å². The molecule has 20 heavy (non-hydrogen) atoms. The van der Waals surface area contributed by atoms with Crippen LogP contribution in [0.5, 0.6) is 0 Å². The average molecular weight is 289 g/mol. The average Bonchev–Trinajstić information content (AvgIpc) is 2.86. The van der Waals surface area contributed by atoms with Crippen molar-refractivity contribution in [2.45, 2.75) is 32.7 Å². The molecule has 0 spiro atoms. The highest BCUT2D eigenvalue weighted by Crippen LogP contribution is 2.23. The minimum Gasteiger partial charge on any atom is -0.325 e. The molecule has 4 nitrogen and oxygen atoms in total. The van der Waals surface area contributed by atoms with E-state index in [9.17, 15) is 4.79 Å². The van der Waals surface area contributed by atoms with Gasteiger partial charge in [0.25, 0.3) is 0 Å². The summed E-state index contributed by atoms with van der Waals surface area (Å²) in [6.45, 7) is 5.61. The molecule has 0 saturated heterocycles. The number of aromatic nitrogens is 1. The van der Waals surface area contributed by atoms with Crippen LogP contribution >= 0.6 is 11.3 Å². The maximum Gasteiger partial charge on any atom is 0.244 e. The lowest BCUT2D eigenvalue weighted by atomic mass is 9.99. The second kappa shape index (κ2) is 5.73. The smallest absolute Gasteiger partial charge is 0.244 e. The first-order chi connectivity index (χ1) is 9.42. The van der Waals surface area contributed by atoms with Crippen LogP contribution in [0.2, 0.25) is 0 Å². The van der Waals surface area contributed by atoms with Crippen molar-refractivity contribution in [1.82, 2.24) is 4.98 Å². The summed E-state index contributed by atoms with van der Waals surface area (Å²) < 4.78 is 0. The number of hydrogen-bond donors (Lipinski definition) is 2. The number of nitrogens with one attached hydrogen (secondary N) is 1. The van der Waals surface area contributed by atoms with Crippen molar-refractivity contribution in [2.24, 2.45) is 5.73 Å². The predicted molar refractivity (Wildman–Crippen MR) is 83.8 cm³/mol. The number of hydrogen-bond acceptors (Lipinski definition) is 4. The fourth-order valence-corrected chi connectivity index (χ4v) is 2.28. The monoisotopic (exact) mass is 289 g/mol. The Labute approximate surface area is 123 Å². The van der Waals surface area contributed by atoms with Gasteiger partial charge in [0, 0.05) is 16.6 Å². The number of carbonyl (C=O) groups is 1. The van der Waals surface area contributed by atoms with Gasteiger partial charge in [-0.25, -0.2) is 4.98 Å². The van der Waals surface area contributed by atoms with Crippen molar-refractivity contribution in [3.63, 3.8) is 0 Å². The van der Waals surface area contributed by atoms with E-state index in [2.05, 4.69) is 10.3 Å². The van der Waals surface area contributed by atoms with Crippen molar-refractivity contribution in [3.05, 3.63) is 34.7 Å². The third kappa shape index (κ3) is 3.23. The molecule has 0 aliphatic heterocycles. The van der Waals surface area contributed by atoms with E-state index in [-0.39, 0.29) is 5.91 Å². The molecule has 5 heteroatoms. The van der Waals surface area contributed by atoms with Gasteiger partial charge in [-0.15, -0.1) is 11.3 Å². The van der Waals surface area contributed by atoms with E-state index < -0.39 is 5.54 Å². The van der Waals surface area contributed by atoms with Crippen molar-refractivity contribution in [1.29, 1.82) is 0 Å². The number of rotatable bonds is 4. The summed E-state index contributed by atoms with van der Waals surface area (Å²) in [5, 5.41) is 5.90. The molecule has 0 aliphatic carbocycles. The Kier molecular flexibility index (Phi) is 4.20. The fourth-order valence-electron chi connectivity index (χ4n) is 1.65. The van der Waals surface area contributed by atoms with Gasteiger partial charge in [-0.1, -0.05) is 19.1 Å². The maximum absolute atomic E-state index is 12.0. The van der Waals surface area contributed by atoms with Crippen molar-refractivity contribution in [3.8, 4) is 11.3 Å². The Morgan fingerprint density at radius 1 is 1.40 bits per heavy atom. The highest BCUT2D eigenvalue weighted by atomic mass is 32.1. The summed E-state index contributed by atoms with van der Waals surface area (Å²) in [7, 11) is 0. The molecule has 3 N–H and O–H groups in total. The fraction of sp³-hybridized carbons (Fsp3) is 0.333. The first-order valence-corrected chi connectivity index (χ1v) is 7.43. The van der Waals surface area contributed by atoms with E-state index in [4.69, 9.17) is 5.73 Å². The third-order valence-electron chi connectivity index (χ3n) is 3.31. The highest BCUT2D eigenvalue weighted by molar-refractivity contribution is 7.09.